The Morgan fingerprint density at radius 3 is 3.06 bits per heavy atom. The van der Waals surface area contributed by atoms with Gasteiger partial charge in [-0.2, -0.15) is 0 Å². The van der Waals surface area contributed by atoms with Crippen LogP contribution in [0.4, 0.5) is 0 Å². The molecule has 100 valence electrons. The second kappa shape index (κ2) is 5.80. The smallest absolute Gasteiger partial charge is 0.0964 e. The highest BCUT2D eigenvalue weighted by atomic mass is 16.5. The van der Waals surface area contributed by atoms with E-state index in [0.29, 0.717) is 6.10 Å². The predicted molar refractivity (Wildman–Crippen MR) is 68.0 cm³/mol. The van der Waals surface area contributed by atoms with Crippen LogP contribution in [-0.2, 0) is 17.8 Å². The lowest BCUT2D eigenvalue weighted by molar-refractivity contribution is 0.00370. The van der Waals surface area contributed by atoms with Crippen LogP contribution in [0.25, 0.3) is 0 Å². The highest BCUT2D eigenvalue weighted by molar-refractivity contribution is 4.92. The van der Waals surface area contributed by atoms with E-state index in [1.165, 1.54) is 25.7 Å². The van der Waals surface area contributed by atoms with Crippen molar-refractivity contribution in [2.24, 2.45) is 5.92 Å². The standard InChI is InChI=1S/C13H22N4O/c1-2-6-18-13(3-1)10-17-9-12(15-16-17)8-14-7-11-4-5-11/h9,11,13-14H,1-8,10H2. The molecule has 3 rings (SSSR count). The largest absolute Gasteiger partial charge is 0.376 e. The molecule has 0 bridgehead atoms. The fraction of sp³-hybridized carbons (Fsp3) is 0.846. The van der Waals surface area contributed by atoms with E-state index in [-0.39, 0.29) is 0 Å². The van der Waals surface area contributed by atoms with Gasteiger partial charge < -0.3 is 10.1 Å². The summed E-state index contributed by atoms with van der Waals surface area (Å²) in [5.74, 6) is 0.913. The second-order valence-corrected chi connectivity index (χ2v) is 5.49. The minimum Gasteiger partial charge on any atom is -0.376 e. The van der Waals surface area contributed by atoms with Crippen molar-refractivity contribution >= 4 is 0 Å². The molecule has 5 heteroatoms. The van der Waals surface area contributed by atoms with E-state index in [9.17, 15) is 0 Å². The Balaban J connectivity index is 1.42. The zero-order valence-corrected chi connectivity index (χ0v) is 10.8. The van der Waals surface area contributed by atoms with E-state index >= 15 is 0 Å². The summed E-state index contributed by atoms with van der Waals surface area (Å²) in [6.45, 7) is 3.70. The van der Waals surface area contributed by atoms with Gasteiger partial charge in [0.15, 0.2) is 0 Å². The van der Waals surface area contributed by atoms with Gasteiger partial charge in [0.05, 0.1) is 18.3 Å². The number of rotatable bonds is 6. The quantitative estimate of drug-likeness (QED) is 0.828. The summed E-state index contributed by atoms with van der Waals surface area (Å²) in [6, 6.07) is 0. The lowest BCUT2D eigenvalue weighted by Gasteiger charge is -2.21. The van der Waals surface area contributed by atoms with Crippen molar-refractivity contribution < 1.29 is 4.74 Å². The minimum atomic E-state index is 0.327. The van der Waals surface area contributed by atoms with Crippen molar-refractivity contribution in [3.05, 3.63) is 11.9 Å². The molecule has 1 aliphatic heterocycles. The zero-order chi connectivity index (χ0) is 12.2. The minimum absolute atomic E-state index is 0.327. The highest BCUT2D eigenvalue weighted by Crippen LogP contribution is 2.27. The maximum Gasteiger partial charge on any atom is 0.0964 e. The number of nitrogens with zero attached hydrogens (tertiary/aromatic N) is 3. The lowest BCUT2D eigenvalue weighted by Crippen LogP contribution is -2.24. The van der Waals surface area contributed by atoms with Gasteiger partial charge in [0.1, 0.15) is 0 Å². The maximum atomic E-state index is 5.71. The summed E-state index contributed by atoms with van der Waals surface area (Å²) in [7, 11) is 0. The molecule has 1 aromatic heterocycles. The zero-order valence-electron chi connectivity index (χ0n) is 10.8. The summed E-state index contributed by atoms with van der Waals surface area (Å²) < 4.78 is 7.63. The number of hydrogen-bond acceptors (Lipinski definition) is 4. The van der Waals surface area contributed by atoms with E-state index < -0.39 is 0 Å². The Morgan fingerprint density at radius 2 is 2.28 bits per heavy atom. The van der Waals surface area contributed by atoms with Crippen LogP contribution in [0.1, 0.15) is 37.8 Å². The molecule has 0 spiro atoms. The Labute approximate surface area is 108 Å². The SMILES string of the molecule is c1c(CNCC2CC2)nnn1CC1CCCCO1. The normalized spacial score (nSPS) is 24.3. The topological polar surface area (TPSA) is 52.0 Å². The van der Waals surface area contributed by atoms with Gasteiger partial charge in [0.25, 0.3) is 0 Å². The summed E-state index contributed by atoms with van der Waals surface area (Å²) in [5.41, 5.74) is 1.03. The first-order valence-corrected chi connectivity index (χ1v) is 7.11. The average Bonchev–Trinajstić information content (AvgIpc) is 3.11. The van der Waals surface area contributed by atoms with Crippen molar-refractivity contribution in [2.75, 3.05) is 13.2 Å². The molecule has 2 fully saturated rings. The van der Waals surface area contributed by atoms with Crippen molar-refractivity contribution in [3.8, 4) is 0 Å². The number of nitrogens with one attached hydrogen (secondary N) is 1. The van der Waals surface area contributed by atoms with Gasteiger partial charge in [0, 0.05) is 19.3 Å². The molecule has 1 N–H and O–H groups in total. The summed E-state index contributed by atoms with van der Waals surface area (Å²) in [6.07, 6.45) is 8.76. The molecule has 1 saturated carbocycles. The molecule has 0 radical (unpaired) electrons. The summed E-state index contributed by atoms with van der Waals surface area (Å²) >= 11 is 0. The van der Waals surface area contributed by atoms with Crippen molar-refractivity contribution in [2.45, 2.75) is 51.3 Å². The molecular weight excluding hydrogens is 228 g/mol. The molecule has 1 aromatic rings. The molecule has 1 atom stereocenters. The molecule has 5 nitrogen and oxygen atoms in total. The van der Waals surface area contributed by atoms with Gasteiger partial charge in [-0.3, -0.25) is 0 Å². The number of hydrogen-bond donors (Lipinski definition) is 1. The molecule has 0 aromatic carbocycles. The molecule has 2 heterocycles. The third-order valence-electron chi connectivity index (χ3n) is 3.69. The maximum absolute atomic E-state index is 5.71. The highest BCUT2D eigenvalue weighted by Gasteiger charge is 2.20. The van der Waals surface area contributed by atoms with Gasteiger partial charge in [0.2, 0.25) is 0 Å². The van der Waals surface area contributed by atoms with Gasteiger partial charge in [-0.05, 0) is 44.6 Å². The second-order valence-electron chi connectivity index (χ2n) is 5.49. The van der Waals surface area contributed by atoms with Crippen LogP contribution in [0.5, 0.6) is 0 Å². The first kappa shape index (κ1) is 12.1. The van der Waals surface area contributed by atoms with E-state index in [0.717, 1.165) is 44.3 Å². The Morgan fingerprint density at radius 1 is 1.33 bits per heavy atom. The molecule has 18 heavy (non-hydrogen) atoms. The summed E-state index contributed by atoms with van der Waals surface area (Å²) in [4.78, 5) is 0. The van der Waals surface area contributed by atoms with Crippen LogP contribution < -0.4 is 5.32 Å². The molecule has 2 aliphatic rings. The fourth-order valence-corrected chi connectivity index (χ4v) is 2.40. The Bertz CT molecular complexity index is 369. The van der Waals surface area contributed by atoms with E-state index in [1.54, 1.807) is 0 Å². The summed E-state index contributed by atoms with van der Waals surface area (Å²) in [5, 5.41) is 11.8. The van der Waals surface area contributed by atoms with Crippen molar-refractivity contribution in [3.63, 3.8) is 0 Å². The van der Waals surface area contributed by atoms with Gasteiger partial charge in [-0.25, -0.2) is 4.68 Å². The van der Waals surface area contributed by atoms with Gasteiger partial charge >= 0.3 is 0 Å². The van der Waals surface area contributed by atoms with Crippen LogP contribution in [0.2, 0.25) is 0 Å². The van der Waals surface area contributed by atoms with Crippen LogP contribution in [0, 0.1) is 5.92 Å². The number of ether oxygens (including phenoxy) is 1. The van der Waals surface area contributed by atoms with Crippen LogP contribution >= 0.6 is 0 Å². The van der Waals surface area contributed by atoms with Crippen LogP contribution in [0.3, 0.4) is 0 Å². The average molecular weight is 250 g/mol. The molecular formula is C13H22N4O. The first-order chi connectivity index (χ1) is 8.90. The van der Waals surface area contributed by atoms with Crippen LogP contribution in [0.15, 0.2) is 6.20 Å². The third kappa shape index (κ3) is 3.53. The molecule has 1 saturated heterocycles. The molecule has 0 amide bonds. The Hall–Kier alpha value is -0.940. The van der Waals surface area contributed by atoms with Crippen molar-refractivity contribution in [1.29, 1.82) is 0 Å². The predicted octanol–water partition coefficient (Wildman–Crippen LogP) is 1.35. The van der Waals surface area contributed by atoms with Crippen LogP contribution in [-0.4, -0.2) is 34.2 Å². The number of aromatic nitrogens is 3. The van der Waals surface area contributed by atoms with Gasteiger partial charge in [-0.1, -0.05) is 5.21 Å². The van der Waals surface area contributed by atoms with Crippen molar-refractivity contribution in [1.82, 2.24) is 20.3 Å². The van der Waals surface area contributed by atoms with Gasteiger partial charge in [-0.15, -0.1) is 5.10 Å². The van der Waals surface area contributed by atoms with E-state index in [1.807, 2.05) is 10.9 Å². The van der Waals surface area contributed by atoms with E-state index in [4.69, 9.17) is 4.74 Å². The molecule has 1 unspecified atom stereocenters. The molecule has 1 aliphatic carbocycles. The fourth-order valence-electron chi connectivity index (χ4n) is 2.40. The Kier molecular flexibility index (Phi) is 3.90. The monoisotopic (exact) mass is 250 g/mol. The lowest BCUT2D eigenvalue weighted by atomic mass is 10.1. The first-order valence-electron chi connectivity index (χ1n) is 7.11. The third-order valence-corrected chi connectivity index (χ3v) is 3.69. The van der Waals surface area contributed by atoms with E-state index in [2.05, 4.69) is 15.6 Å².